The van der Waals surface area contributed by atoms with Crippen molar-refractivity contribution < 1.29 is 14.3 Å². The summed E-state index contributed by atoms with van der Waals surface area (Å²) in [6, 6.07) is 7.70. The van der Waals surface area contributed by atoms with Gasteiger partial charge in [-0.05, 0) is 12.5 Å². The van der Waals surface area contributed by atoms with Crippen LogP contribution in [0, 0.1) is 6.92 Å². The molecule has 2 aromatic rings. The number of nitrogens with one attached hydrogen (secondary N) is 1. The zero-order chi connectivity index (χ0) is 16.3. The van der Waals surface area contributed by atoms with Gasteiger partial charge in [-0.25, -0.2) is 4.79 Å². The van der Waals surface area contributed by atoms with Gasteiger partial charge in [0.15, 0.2) is 4.84 Å². The van der Waals surface area contributed by atoms with Crippen LogP contribution in [0.15, 0.2) is 29.6 Å². The van der Waals surface area contributed by atoms with Crippen LogP contribution in [0.2, 0.25) is 0 Å². The molecule has 0 saturated heterocycles. The third kappa shape index (κ3) is 3.61. The van der Waals surface area contributed by atoms with Crippen molar-refractivity contribution in [1.82, 2.24) is 0 Å². The second kappa shape index (κ2) is 7.13. The molecule has 1 amide bonds. The van der Waals surface area contributed by atoms with Crippen LogP contribution in [0.5, 0.6) is 0 Å². The maximum Gasteiger partial charge on any atom is 0.341 e. The molecule has 0 aliphatic heterocycles. The molecule has 1 heterocycles. The van der Waals surface area contributed by atoms with Crippen LogP contribution in [0.4, 0.5) is 5.00 Å². The van der Waals surface area contributed by atoms with Crippen molar-refractivity contribution in [2.45, 2.75) is 11.8 Å². The number of carbonyl (C=O) groups is 2. The molecule has 0 radical (unpaired) electrons. The molecule has 0 aliphatic rings. The first kappa shape index (κ1) is 16.8. The van der Waals surface area contributed by atoms with Gasteiger partial charge >= 0.3 is 5.97 Å². The third-order valence-corrected chi connectivity index (χ3v) is 4.27. The second-order valence-electron chi connectivity index (χ2n) is 4.50. The Morgan fingerprint density at radius 3 is 2.41 bits per heavy atom. The topological polar surface area (TPSA) is 55.4 Å². The van der Waals surface area contributed by atoms with Crippen LogP contribution < -0.4 is 5.32 Å². The minimum absolute atomic E-state index is 0.290. The molecular formula is C15H13Cl2NO3S. The maximum atomic E-state index is 12.1. The van der Waals surface area contributed by atoms with E-state index in [9.17, 15) is 9.59 Å². The van der Waals surface area contributed by atoms with E-state index in [1.165, 1.54) is 18.4 Å². The molecule has 1 aromatic heterocycles. The lowest BCUT2D eigenvalue weighted by atomic mass is 10.0. The first-order valence-electron chi connectivity index (χ1n) is 6.30. The highest BCUT2D eigenvalue weighted by molar-refractivity contribution is 7.15. The number of hydrogen-bond acceptors (Lipinski definition) is 4. The van der Waals surface area contributed by atoms with E-state index in [4.69, 9.17) is 27.9 Å². The summed E-state index contributed by atoms with van der Waals surface area (Å²) in [7, 11) is 1.29. The van der Waals surface area contributed by atoms with E-state index >= 15 is 0 Å². The zero-order valence-electron chi connectivity index (χ0n) is 11.9. The molecule has 0 spiro atoms. The molecule has 116 valence electrons. The lowest BCUT2D eigenvalue weighted by Gasteiger charge is -2.08. The molecule has 0 saturated carbocycles. The van der Waals surface area contributed by atoms with E-state index in [-0.39, 0.29) is 0 Å². The van der Waals surface area contributed by atoms with Gasteiger partial charge in [-0.2, -0.15) is 0 Å². The Balaban J connectivity index is 2.47. The fraction of sp³-hybridized carbons (Fsp3) is 0.200. The number of carbonyl (C=O) groups excluding carboxylic acids is 2. The largest absolute Gasteiger partial charge is 0.465 e. The van der Waals surface area contributed by atoms with Crippen molar-refractivity contribution in [1.29, 1.82) is 0 Å². The second-order valence-corrected chi connectivity index (χ2v) is 6.48. The number of thiophene rings is 1. The molecule has 1 aromatic carbocycles. The van der Waals surface area contributed by atoms with E-state index in [1.807, 2.05) is 31.2 Å². The van der Waals surface area contributed by atoms with Crippen molar-refractivity contribution in [3.8, 4) is 11.1 Å². The molecule has 0 unspecified atom stereocenters. The highest BCUT2D eigenvalue weighted by Gasteiger charge is 2.23. The summed E-state index contributed by atoms with van der Waals surface area (Å²) in [5.74, 6) is -1.13. The Morgan fingerprint density at radius 2 is 1.86 bits per heavy atom. The number of anilines is 1. The quantitative estimate of drug-likeness (QED) is 0.657. The molecule has 0 fully saturated rings. The summed E-state index contributed by atoms with van der Waals surface area (Å²) in [4.78, 5) is 22.5. The number of hydrogen-bond donors (Lipinski definition) is 1. The molecule has 0 atom stereocenters. The van der Waals surface area contributed by atoms with Crippen molar-refractivity contribution in [3.05, 3.63) is 40.8 Å². The van der Waals surface area contributed by atoms with Crippen molar-refractivity contribution in [3.63, 3.8) is 0 Å². The smallest absolute Gasteiger partial charge is 0.341 e. The van der Waals surface area contributed by atoms with Gasteiger partial charge in [-0.15, -0.1) is 11.3 Å². The molecule has 0 bridgehead atoms. The van der Waals surface area contributed by atoms with E-state index in [2.05, 4.69) is 5.32 Å². The molecular weight excluding hydrogens is 345 g/mol. The summed E-state index contributed by atoms with van der Waals surface area (Å²) >= 11 is 12.3. The van der Waals surface area contributed by atoms with Crippen LogP contribution in [-0.2, 0) is 9.53 Å². The Morgan fingerprint density at radius 1 is 1.23 bits per heavy atom. The van der Waals surface area contributed by atoms with Gasteiger partial charge in [0.2, 0.25) is 0 Å². The monoisotopic (exact) mass is 357 g/mol. The maximum absolute atomic E-state index is 12.1. The van der Waals surface area contributed by atoms with Crippen LogP contribution in [0.25, 0.3) is 11.1 Å². The van der Waals surface area contributed by atoms with E-state index in [0.29, 0.717) is 16.1 Å². The number of halogens is 2. The van der Waals surface area contributed by atoms with Crippen LogP contribution in [-0.4, -0.2) is 23.8 Å². The fourth-order valence-electron chi connectivity index (χ4n) is 1.87. The zero-order valence-corrected chi connectivity index (χ0v) is 14.2. The van der Waals surface area contributed by atoms with Crippen molar-refractivity contribution in [2.75, 3.05) is 12.4 Å². The molecule has 0 aliphatic carbocycles. The molecule has 4 nitrogen and oxygen atoms in total. The first-order chi connectivity index (χ1) is 10.4. The fourth-order valence-corrected chi connectivity index (χ4v) is 2.94. The predicted molar refractivity (Wildman–Crippen MR) is 90.0 cm³/mol. The average Bonchev–Trinajstić information content (AvgIpc) is 2.90. The predicted octanol–water partition coefficient (Wildman–Crippen LogP) is 4.25. The van der Waals surface area contributed by atoms with Crippen LogP contribution >= 0.6 is 34.5 Å². The van der Waals surface area contributed by atoms with Gasteiger partial charge in [0, 0.05) is 10.9 Å². The number of aryl methyl sites for hydroxylation is 1. The van der Waals surface area contributed by atoms with Gasteiger partial charge in [-0.1, -0.05) is 53.0 Å². The lowest BCUT2D eigenvalue weighted by molar-refractivity contribution is -0.114. The third-order valence-electron chi connectivity index (χ3n) is 2.98. The number of methoxy groups -OCH3 is 1. The van der Waals surface area contributed by atoms with Gasteiger partial charge in [0.05, 0.1) is 7.11 Å². The molecule has 2 rings (SSSR count). The minimum atomic E-state index is -1.21. The summed E-state index contributed by atoms with van der Waals surface area (Å²) in [5, 5.41) is 4.68. The summed E-state index contributed by atoms with van der Waals surface area (Å²) < 4.78 is 4.81. The molecule has 1 N–H and O–H groups in total. The summed E-state index contributed by atoms with van der Waals surface area (Å²) in [6.07, 6.45) is 0. The van der Waals surface area contributed by atoms with Gasteiger partial charge in [-0.3, -0.25) is 4.79 Å². The minimum Gasteiger partial charge on any atom is -0.465 e. The highest BCUT2D eigenvalue weighted by Crippen LogP contribution is 2.36. The number of ether oxygens (including phenoxy) is 1. The van der Waals surface area contributed by atoms with Crippen LogP contribution in [0.3, 0.4) is 0 Å². The molecule has 7 heteroatoms. The standard InChI is InChI=1S/C15H13Cl2NO3S/c1-8-3-5-9(6-4-8)10-7-22-14(11(10)15(20)21-2)18-13(19)12(16)17/h3-7,12H,1-2H3,(H,18,19). The number of rotatable bonds is 4. The Hall–Kier alpha value is -1.56. The van der Waals surface area contributed by atoms with Gasteiger partial charge in [0.25, 0.3) is 5.91 Å². The van der Waals surface area contributed by atoms with Crippen molar-refractivity contribution in [2.24, 2.45) is 0 Å². The van der Waals surface area contributed by atoms with Gasteiger partial charge < -0.3 is 10.1 Å². The lowest BCUT2D eigenvalue weighted by Crippen LogP contribution is -2.19. The summed E-state index contributed by atoms with van der Waals surface area (Å²) in [6.45, 7) is 1.98. The Bertz CT molecular complexity index is 695. The Kier molecular flexibility index (Phi) is 5.45. The van der Waals surface area contributed by atoms with Crippen molar-refractivity contribution >= 4 is 51.4 Å². The van der Waals surface area contributed by atoms with Crippen LogP contribution in [0.1, 0.15) is 15.9 Å². The Labute approximate surface area is 142 Å². The molecule has 22 heavy (non-hydrogen) atoms. The summed E-state index contributed by atoms with van der Waals surface area (Å²) in [5.41, 5.74) is 2.95. The van der Waals surface area contributed by atoms with E-state index in [1.54, 1.807) is 5.38 Å². The SMILES string of the molecule is COC(=O)c1c(-c2ccc(C)cc2)csc1NC(=O)C(Cl)Cl. The first-order valence-corrected chi connectivity index (χ1v) is 8.05. The van der Waals surface area contributed by atoms with Gasteiger partial charge in [0.1, 0.15) is 10.6 Å². The average molecular weight is 358 g/mol. The normalized spacial score (nSPS) is 10.6. The number of benzene rings is 1. The van der Waals surface area contributed by atoms with E-state index < -0.39 is 16.7 Å². The number of amides is 1. The van der Waals surface area contributed by atoms with E-state index in [0.717, 1.165) is 11.1 Å². The highest BCUT2D eigenvalue weighted by atomic mass is 35.5. The number of esters is 1. The number of alkyl halides is 2.